The van der Waals surface area contributed by atoms with Crippen LogP contribution >= 0.6 is 0 Å². The summed E-state index contributed by atoms with van der Waals surface area (Å²) in [5, 5.41) is 0. The molecular formula is C8H22. The average Bonchev–Trinajstić information content (AvgIpc) is 1.71. The Labute approximate surface area is 55.8 Å². The Bertz CT molecular complexity index is 18.5. The van der Waals surface area contributed by atoms with E-state index in [1.54, 1.807) is 0 Å². The molecule has 0 N–H and O–H groups in total. The van der Waals surface area contributed by atoms with Crippen LogP contribution in [0.25, 0.3) is 0 Å². The molecule has 0 amide bonds. The van der Waals surface area contributed by atoms with Crippen LogP contribution in [0.3, 0.4) is 0 Å². The van der Waals surface area contributed by atoms with Gasteiger partial charge >= 0.3 is 0 Å². The number of rotatable bonds is 2. The Balaban J connectivity index is -0.0000000800. The monoisotopic (exact) mass is 118 g/mol. The third-order valence-electron chi connectivity index (χ3n) is 0.707. The smallest absolute Gasteiger partial charge is 0 e. The molecule has 0 nitrogen and oxygen atoms in total. The summed E-state index contributed by atoms with van der Waals surface area (Å²) in [4.78, 5) is 0. The lowest BCUT2D eigenvalue weighted by Gasteiger charge is -1.79. The molecular weight excluding hydrogens is 96.1 g/mol. The van der Waals surface area contributed by atoms with E-state index in [0.29, 0.717) is 0 Å². The zero-order chi connectivity index (χ0) is 6.83. The number of hydrogen-bond donors (Lipinski definition) is 0. The number of hydrogen-bond acceptors (Lipinski definition) is 0. The Kier molecular flexibility index (Phi) is 21.4. The van der Waals surface area contributed by atoms with Crippen molar-refractivity contribution in [1.82, 2.24) is 0 Å². The van der Waals surface area contributed by atoms with E-state index in [0.717, 1.165) is 0 Å². The minimum Gasteiger partial charge on any atom is -0.0656 e. The summed E-state index contributed by atoms with van der Waals surface area (Å²) in [5.41, 5.74) is 0. The van der Waals surface area contributed by atoms with Crippen LogP contribution < -0.4 is 0 Å². The third kappa shape index (κ3) is 37.5. The van der Waals surface area contributed by atoms with E-state index in [4.69, 9.17) is 0 Å². The van der Waals surface area contributed by atoms with Crippen molar-refractivity contribution in [3.8, 4) is 0 Å². The van der Waals surface area contributed by atoms with E-state index in [1.165, 1.54) is 25.7 Å². The number of unbranched alkanes of at least 4 members (excludes halogenated alkanes) is 2. The normalized spacial score (nSPS) is 7.50. The van der Waals surface area contributed by atoms with Crippen LogP contribution in [0.5, 0.6) is 0 Å². The molecule has 0 rings (SSSR count). The minimum atomic E-state index is 0. The SMILES string of the molecule is CCC.CCCCC.[HH]. The molecule has 0 saturated heterocycles. The van der Waals surface area contributed by atoms with Gasteiger partial charge in [-0.15, -0.1) is 0 Å². The van der Waals surface area contributed by atoms with Crippen LogP contribution in [0.2, 0.25) is 0 Å². The second-order valence-corrected chi connectivity index (χ2v) is 2.06. The van der Waals surface area contributed by atoms with Crippen molar-refractivity contribution >= 4 is 0 Å². The summed E-state index contributed by atoms with van der Waals surface area (Å²) >= 11 is 0. The van der Waals surface area contributed by atoms with Crippen molar-refractivity contribution in [2.24, 2.45) is 0 Å². The summed E-state index contributed by atoms with van der Waals surface area (Å²) in [6, 6.07) is 0. The van der Waals surface area contributed by atoms with Crippen molar-refractivity contribution in [2.75, 3.05) is 0 Å². The molecule has 0 aromatic rings. The Morgan fingerprint density at radius 2 is 1.12 bits per heavy atom. The van der Waals surface area contributed by atoms with Gasteiger partial charge < -0.3 is 0 Å². The van der Waals surface area contributed by atoms with E-state index in [1.807, 2.05) is 0 Å². The predicted molar refractivity (Wildman–Crippen MR) is 43.3 cm³/mol. The molecule has 0 aliphatic heterocycles. The predicted octanol–water partition coefficient (Wildman–Crippen LogP) is 3.86. The van der Waals surface area contributed by atoms with E-state index >= 15 is 0 Å². The second-order valence-electron chi connectivity index (χ2n) is 2.06. The molecule has 0 heterocycles. The van der Waals surface area contributed by atoms with Crippen molar-refractivity contribution < 1.29 is 1.43 Å². The first-order valence-electron chi connectivity index (χ1n) is 3.83. The molecule has 0 radical (unpaired) electrons. The van der Waals surface area contributed by atoms with Crippen LogP contribution in [0, 0.1) is 0 Å². The van der Waals surface area contributed by atoms with Gasteiger partial charge in [0.2, 0.25) is 0 Å². The van der Waals surface area contributed by atoms with E-state index in [9.17, 15) is 0 Å². The van der Waals surface area contributed by atoms with Gasteiger partial charge in [0.05, 0.1) is 0 Å². The average molecular weight is 118 g/mol. The topological polar surface area (TPSA) is 0 Å². The molecule has 0 aliphatic carbocycles. The van der Waals surface area contributed by atoms with Gasteiger partial charge in [0, 0.05) is 1.43 Å². The summed E-state index contributed by atoms with van der Waals surface area (Å²) < 4.78 is 0. The van der Waals surface area contributed by atoms with Gasteiger partial charge in [0.25, 0.3) is 0 Å². The lowest BCUT2D eigenvalue weighted by Crippen LogP contribution is -1.59. The zero-order valence-corrected chi connectivity index (χ0v) is 6.83. The summed E-state index contributed by atoms with van der Waals surface area (Å²) in [6.45, 7) is 8.67. The van der Waals surface area contributed by atoms with Crippen molar-refractivity contribution in [3.05, 3.63) is 0 Å². The van der Waals surface area contributed by atoms with Gasteiger partial charge in [-0.3, -0.25) is 0 Å². The molecule has 54 valence electrons. The van der Waals surface area contributed by atoms with Crippen LogP contribution in [-0.4, -0.2) is 0 Å². The highest BCUT2D eigenvalue weighted by Crippen LogP contribution is 1.88. The van der Waals surface area contributed by atoms with Gasteiger partial charge in [-0.2, -0.15) is 0 Å². The maximum atomic E-state index is 2.21. The largest absolute Gasteiger partial charge is 0.0656 e. The Morgan fingerprint density at radius 1 is 0.875 bits per heavy atom. The molecule has 0 saturated carbocycles. The quantitative estimate of drug-likeness (QED) is 0.516. The molecule has 0 aromatic heterocycles. The standard InChI is InChI=1S/C5H12.C3H8.H2/c1-3-5-4-2;1-3-2;/h3-5H2,1-2H3;3H2,1-2H3;1H. The van der Waals surface area contributed by atoms with Crippen molar-refractivity contribution in [2.45, 2.75) is 53.4 Å². The van der Waals surface area contributed by atoms with Gasteiger partial charge in [0.1, 0.15) is 0 Å². The zero-order valence-electron chi connectivity index (χ0n) is 6.83. The molecule has 0 atom stereocenters. The first-order chi connectivity index (χ1) is 3.83. The first-order valence-corrected chi connectivity index (χ1v) is 3.83. The van der Waals surface area contributed by atoms with E-state index in [-0.39, 0.29) is 1.43 Å². The van der Waals surface area contributed by atoms with Crippen molar-refractivity contribution in [3.63, 3.8) is 0 Å². The highest BCUT2D eigenvalue weighted by Gasteiger charge is 1.68. The molecule has 0 aliphatic rings. The van der Waals surface area contributed by atoms with Crippen LogP contribution in [0.4, 0.5) is 0 Å². The maximum Gasteiger partial charge on any atom is 0 e. The van der Waals surface area contributed by atoms with Crippen LogP contribution in [0.1, 0.15) is 54.8 Å². The molecule has 0 aromatic carbocycles. The molecule has 8 heavy (non-hydrogen) atoms. The van der Waals surface area contributed by atoms with Crippen molar-refractivity contribution in [1.29, 1.82) is 0 Å². The Morgan fingerprint density at radius 3 is 1.12 bits per heavy atom. The summed E-state index contributed by atoms with van der Waals surface area (Å²) in [7, 11) is 0. The highest BCUT2D eigenvalue weighted by atomic mass is 13.7. The molecule has 0 spiro atoms. The molecule has 0 heteroatoms. The molecule has 0 fully saturated rings. The van der Waals surface area contributed by atoms with Gasteiger partial charge in [0.15, 0.2) is 0 Å². The fraction of sp³-hybridized carbons (Fsp3) is 1.00. The third-order valence-corrected chi connectivity index (χ3v) is 0.707. The summed E-state index contributed by atoms with van der Waals surface area (Å²) in [6.07, 6.45) is 5.33. The first kappa shape index (κ1) is 10.9. The highest BCUT2D eigenvalue weighted by molar-refractivity contribution is 4.24. The fourth-order valence-electron chi connectivity index (χ4n) is 0.354. The lowest BCUT2D eigenvalue weighted by molar-refractivity contribution is 0.772. The summed E-state index contributed by atoms with van der Waals surface area (Å²) in [5.74, 6) is 0. The molecule has 0 bridgehead atoms. The lowest BCUT2D eigenvalue weighted by atomic mass is 10.3. The maximum absolute atomic E-state index is 2.21. The Hall–Kier alpha value is 0. The molecule has 0 unspecified atom stereocenters. The second kappa shape index (κ2) is 15.8. The fourth-order valence-corrected chi connectivity index (χ4v) is 0.354. The van der Waals surface area contributed by atoms with E-state index < -0.39 is 0 Å². The van der Waals surface area contributed by atoms with E-state index in [2.05, 4.69) is 27.7 Å². The minimum absolute atomic E-state index is 0. The van der Waals surface area contributed by atoms with Crippen LogP contribution in [-0.2, 0) is 0 Å². The van der Waals surface area contributed by atoms with Crippen LogP contribution in [0.15, 0.2) is 0 Å². The van der Waals surface area contributed by atoms with Gasteiger partial charge in [-0.05, 0) is 0 Å². The van der Waals surface area contributed by atoms with Gasteiger partial charge in [-0.25, -0.2) is 0 Å². The van der Waals surface area contributed by atoms with Gasteiger partial charge in [-0.1, -0.05) is 53.4 Å².